The molecule has 0 aliphatic carbocycles. The quantitative estimate of drug-likeness (QED) is 0.357. The summed E-state index contributed by atoms with van der Waals surface area (Å²) in [5, 5.41) is 10.4. The van der Waals surface area contributed by atoms with Crippen LogP contribution in [0.25, 0.3) is 0 Å². The Bertz CT molecular complexity index is 1450. The van der Waals surface area contributed by atoms with E-state index in [4.69, 9.17) is 4.74 Å². The van der Waals surface area contributed by atoms with Gasteiger partial charge in [-0.05, 0) is 78.9 Å². The van der Waals surface area contributed by atoms with Crippen molar-refractivity contribution in [1.29, 1.82) is 0 Å². The van der Waals surface area contributed by atoms with Gasteiger partial charge in [-0.2, -0.15) is 0 Å². The van der Waals surface area contributed by atoms with Gasteiger partial charge in [-0.1, -0.05) is 11.3 Å². The molecule has 39 heavy (non-hydrogen) atoms. The van der Waals surface area contributed by atoms with Gasteiger partial charge < -0.3 is 15.0 Å². The number of hydrogen-bond donors (Lipinski definition) is 1. The Balaban J connectivity index is 1.28. The van der Waals surface area contributed by atoms with Gasteiger partial charge in [-0.25, -0.2) is 17.9 Å². The van der Waals surface area contributed by atoms with Gasteiger partial charge in [0.1, 0.15) is 41.5 Å². The topological polar surface area (TPSA) is 89.4 Å². The lowest BCUT2D eigenvalue weighted by molar-refractivity contribution is -0.137. The van der Waals surface area contributed by atoms with Crippen LogP contribution in [0, 0.1) is 23.4 Å². The van der Waals surface area contributed by atoms with Crippen LogP contribution in [0.5, 0.6) is 11.5 Å². The molecule has 2 atom stereocenters. The first kappa shape index (κ1) is 26.0. The summed E-state index contributed by atoms with van der Waals surface area (Å²) in [6.07, 6.45) is 3.55. The lowest BCUT2D eigenvalue weighted by Gasteiger charge is -2.24. The fourth-order valence-electron chi connectivity index (χ4n) is 4.61. The highest BCUT2D eigenvalue weighted by atomic mass is 19.1. The molecule has 8 nitrogen and oxygen atoms in total. The number of aromatic nitrogens is 3. The van der Waals surface area contributed by atoms with E-state index in [0.717, 1.165) is 6.07 Å². The number of ether oxygens (including phenoxy) is 1. The largest absolute Gasteiger partial charge is 0.457 e. The molecule has 1 aromatic heterocycles. The lowest BCUT2D eigenvalue weighted by atomic mass is 9.96. The normalized spacial score (nSPS) is 16.7. The van der Waals surface area contributed by atoms with Crippen molar-refractivity contribution >= 4 is 17.5 Å². The van der Waals surface area contributed by atoms with Crippen molar-refractivity contribution in [3.8, 4) is 11.5 Å². The number of rotatable bonds is 8. The van der Waals surface area contributed by atoms with Gasteiger partial charge in [0, 0.05) is 24.5 Å². The van der Waals surface area contributed by atoms with Crippen molar-refractivity contribution in [2.75, 3.05) is 11.9 Å². The SMILES string of the molecule is O=C(Nc1ccc(Oc2ccc(F)cc2)cc1)[C@@H]1C[C@@H](Cc2ccc(F)cc2F)CN1C(=O)Cn1ccnn1. The number of anilines is 1. The van der Waals surface area contributed by atoms with Crippen molar-refractivity contribution in [3.63, 3.8) is 0 Å². The first-order valence-corrected chi connectivity index (χ1v) is 12.3. The van der Waals surface area contributed by atoms with E-state index in [-0.39, 0.29) is 37.2 Å². The van der Waals surface area contributed by atoms with Crippen LogP contribution in [0.15, 0.2) is 79.1 Å². The number of carbonyl (C=O) groups is 2. The maximum Gasteiger partial charge on any atom is 0.247 e. The molecule has 1 fully saturated rings. The summed E-state index contributed by atoms with van der Waals surface area (Å²) < 4.78 is 47.8. The van der Waals surface area contributed by atoms with Gasteiger partial charge in [0.05, 0.1) is 6.20 Å². The Morgan fingerprint density at radius 1 is 0.949 bits per heavy atom. The van der Waals surface area contributed by atoms with Gasteiger partial charge in [0.15, 0.2) is 0 Å². The molecule has 0 bridgehead atoms. The minimum absolute atomic E-state index is 0.100. The zero-order valence-corrected chi connectivity index (χ0v) is 20.6. The Morgan fingerprint density at radius 2 is 1.64 bits per heavy atom. The third kappa shape index (κ3) is 6.43. The van der Waals surface area contributed by atoms with Crippen molar-refractivity contribution in [2.24, 2.45) is 5.92 Å². The molecular weight excluding hydrogens is 511 g/mol. The summed E-state index contributed by atoms with van der Waals surface area (Å²) in [4.78, 5) is 27.9. The molecule has 2 amide bonds. The Labute approximate surface area is 222 Å². The van der Waals surface area contributed by atoms with Crippen LogP contribution < -0.4 is 10.1 Å². The van der Waals surface area contributed by atoms with Gasteiger partial charge in [0.25, 0.3) is 0 Å². The van der Waals surface area contributed by atoms with Crippen LogP contribution in [0.2, 0.25) is 0 Å². The van der Waals surface area contributed by atoms with Crippen molar-refractivity contribution in [3.05, 3.63) is 102 Å². The highest BCUT2D eigenvalue weighted by Crippen LogP contribution is 2.29. The highest BCUT2D eigenvalue weighted by molar-refractivity contribution is 5.97. The van der Waals surface area contributed by atoms with Crippen LogP contribution in [-0.2, 0) is 22.6 Å². The van der Waals surface area contributed by atoms with Crippen LogP contribution >= 0.6 is 0 Å². The summed E-state index contributed by atoms with van der Waals surface area (Å²) in [7, 11) is 0. The first-order valence-electron chi connectivity index (χ1n) is 12.3. The minimum atomic E-state index is -0.801. The third-order valence-corrected chi connectivity index (χ3v) is 6.47. The van der Waals surface area contributed by atoms with Gasteiger partial charge in [0.2, 0.25) is 11.8 Å². The molecule has 0 spiro atoms. The number of nitrogens with zero attached hydrogens (tertiary/aromatic N) is 4. The standard InChI is InChI=1S/C28H24F3N5O3/c29-20-3-7-23(8-4-20)39-24-9-5-22(6-10-24)33-28(38)26-14-18(13-19-1-2-21(30)15-25(19)31)16-36(26)27(37)17-35-12-11-32-34-35/h1-12,15,18,26H,13-14,16-17H2,(H,33,38)/t18-,26+/m1/s1. The summed E-state index contributed by atoms with van der Waals surface area (Å²) >= 11 is 0. The zero-order valence-electron chi connectivity index (χ0n) is 20.6. The van der Waals surface area contributed by atoms with E-state index >= 15 is 0 Å². The number of likely N-dealkylation sites (tertiary alicyclic amines) is 1. The predicted molar refractivity (Wildman–Crippen MR) is 135 cm³/mol. The van der Waals surface area contributed by atoms with Gasteiger partial charge >= 0.3 is 0 Å². The van der Waals surface area contributed by atoms with Gasteiger partial charge in [-0.15, -0.1) is 5.10 Å². The first-order chi connectivity index (χ1) is 18.8. The van der Waals surface area contributed by atoms with E-state index in [2.05, 4.69) is 15.6 Å². The number of benzene rings is 3. The number of hydrogen-bond acceptors (Lipinski definition) is 5. The highest BCUT2D eigenvalue weighted by Gasteiger charge is 2.39. The average Bonchev–Trinajstić information content (AvgIpc) is 3.58. The summed E-state index contributed by atoms with van der Waals surface area (Å²) in [6, 6.07) is 14.8. The molecule has 1 aliphatic heterocycles. The second-order valence-electron chi connectivity index (χ2n) is 9.27. The Kier molecular flexibility index (Phi) is 7.57. The number of carbonyl (C=O) groups excluding carboxylic acids is 2. The van der Waals surface area contributed by atoms with Crippen LogP contribution in [0.3, 0.4) is 0 Å². The lowest BCUT2D eigenvalue weighted by Crippen LogP contribution is -2.44. The average molecular weight is 536 g/mol. The van der Waals surface area contributed by atoms with Crippen LogP contribution in [0.1, 0.15) is 12.0 Å². The molecule has 11 heteroatoms. The Morgan fingerprint density at radius 3 is 2.31 bits per heavy atom. The summed E-state index contributed by atoms with van der Waals surface area (Å²) in [5.41, 5.74) is 0.811. The number of amides is 2. The van der Waals surface area contributed by atoms with Crippen molar-refractivity contribution in [2.45, 2.75) is 25.4 Å². The van der Waals surface area contributed by atoms with Crippen molar-refractivity contribution < 1.29 is 27.5 Å². The maximum atomic E-state index is 14.3. The second kappa shape index (κ2) is 11.4. The van der Waals surface area contributed by atoms with Crippen LogP contribution in [0.4, 0.5) is 18.9 Å². The number of nitrogens with one attached hydrogen (secondary N) is 1. The minimum Gasteiger partial charge on any atom is -0.457 e. The smallest absolute Gasteiger partial charge is 0.247 e. The van der Waals surface area contributed by atoms with E-state index in [9.17, 15) is 22.8 Å². The molecule has 0 radical (unpaired) electrons. The van der Waals surface area contributed by atoms with E-state index in [1.807, 2.05) is 0 Å². The molecule has 3 aromatic carbocycles. The molecule has 1 N–H and O–H groups in total. The van der Waals surface area contributed by atoms with E-state index in [1.165, 1.54) is 52.2 Å². The van der Waals surface area contributed by atoms with Crippen LogP contribution in [-0.4, -0.2) is 44.3 Å². The molecule has 5 rings (SSSR count). The summed E-state index contributed by atoms with van der Waals surface area (Å²) in [5.74, 6) is -1.68. The molecule has 200 valence electrons. The molecule has 1 saturated heterocycles. The third-order valence-electron chi connectivity index (χ3n) is 6.47. The van der Waals surface area contributed by atoms with Crippen molar-refractivity contribution in [1.82, 2.24) is 19.9 Å². The summed E-state index contributed by atoms with van der Waals surface area (Å²) in [6.45, 7) is 0.129. The monoisotopic (exact) mass is 535 g/mol. The van der Waals surface area contributed by atoms with E-state index in [1.54, 1.807) is 30.5 Å². The maximum absolute atomic E-state index is 14.3. The molecular formula is C28H24F3N5O3. The van der Waals surface area contributed by atoms with E-state index < -0.39 is 23.6 Å². The molecule has 1 aliphatic rings. The second-order valence-corrected chi connectivity index (χ2v) is 9.27. The fraction of sp³-hybridized carbons (Fsp3) is 0.214. The van der Waals surface area contributed by atoms with Gasteiger partial charge in [-0.3, -0.25) is 9.59 Å². The molecule has 2 heterocycles. The fourth-order valence-corrected chi connectivity index (χ4v) is 4.61. The molecule has 0 unspecified atom stereocenters. The number of halogens is 3. The Hall–Kier alpha value is -4.67. The predicted octanol–water partition coefficient (Wildman–Crippen LogP) is 4.59. The molecule has 4 aromatic rings. The van der Waals surface area contributed by atoms with E-state index in [0.29, 0.717) is 29.2 Å². The zero-order chi connectivity index (χ0) is 27.4. The molecule has 0 saturated carbocycles.